The molecule has 2 aliphatic carbocycles. The van der Waals surface area contributed by atoms with Crippen LogP contribution in [-0.4, -0.2) is 0 Å². The first-order valence-corrected chi connectivity index (χ1v) is 19.7. The Morgan fingerprint density at radius 3 is 1.69 bits per heavy atom. The molecular formula is C52H37NS. The van der Waals surface area contributed by atoms with E-state index in [0.717, 1.165) is 5.69 Å². The van der Waals surface area contributed by atoms with Crippen LogP contribution in [0.2, 0.25) is 0 Å². The van der Waals surface area contributed by atoms with Crippen molar-refractivity contribution in [2.45, 2.75) is 24.7 Å². The summed E-state index contributed by atoms with van der Waals surface area (Å²) in [5, 5.41) is 2.60. The molecule has 0 atom stereocenters. The fourth-order valence-corrected chi connectivity index (χ4v) is 11.0. The third-order valence-corrected chi connectivity index (χ3v) is 13.4. The fraction of sp³-hybridized carbons (Fsp3) is 0.0769. The van der Waals surface area contributed by atoms with Gasteiger partial charge in [-0.05, 0) is 80.4 Å². The SMILES string of the molecule is CC1(C)c2ccccc2C2(c3ccccc3-c3c(N(c4ccc(-c5ccccc5)cc4)c4cccc5c4sc4ccccc45)cccc32)c2ccccc21. The third kappa shape index (κ3) is 4.20. The molecule has 1 spiro atoms. The number of fused-ring (bicyclic) bond motifs is 12. The van der Waals surface area contributed by atoms with Gasteiger partial charge in [-0.25, -0.2) is 0 Å². The zero-order chi connectivity index (χ0) is 36.0. The van der Waals surface area contributed by atoms with E-state index >= 15 is 0 Å². The number of rotatable bonds is 4. The van der Waals surface area contributed by atoms with Crippen molar-refractivity contribution >= 4 is 48.6 Å². The molecule has 2 heteroatoms. The molecule has 9 aromatic rings. The summed E-state index contributed by atoms with van der Waals surface area (Å²) in [6.07, 6.45) is 0. The minimum atomic E-state index is -0.461. The Morgan fingerprint density at radius 2 is 0.944 bits per heavy atom. The number of hydrogen-bond donors (Lipinski definition) is 0. The number of nitrogens with zero attached hydrogens (tertiary/aromatic N) is 1. The molecule has 1 aromatic heterocycles. The van der Waals surface area contributed by atoms with E-state index in [9.17, 15) is 0 Å². The van der Waals surface area contributed by atoms with Crippen molar-refractivity contribution in [2.24, 2.45) is 0 Å². The third-order valence-electron chi connectivity index (χ3n) is 12.2. The van der Waals surface area contributed by atoms with Gasteiger partial charge in [-0.3, -0.25) is 0 Å². The summed E-state index contributed by atoms with van der Waals surface area (Å²) in [5.41, 5.74) is 16.2. The first-order valence-electron chi connectivity index (χ1n) is 18.9. The Bertz CT molecular complexity index is 2860. The molecule has 0 radical (unpaired) electrons. The van der Waals surface area contributed by atoms with Crippen molar-refractivity contribution in [3.63, 3.8) is 0 Å². The molecule has 0 aliphatic heterocycles. The van der Waals surface area contributed by atoms with Crippen LogP contribution in [0.25, 0.3) is 42.4 Å². The topological polar surface area (TPSA) is 3.24 Å². The lowest BCUT2D eigenvalue weighted by molar-refractivity contribution is 0.563. The van der Waals surface area contributed by atoms with Crippen LogP contribution in [0.3, 0.4) is 0 Å². The van der Waals surface area contributed by atoms with E-state index in [2.05, 4.69) is 207 Å². The Labute approximate surface area is 320 Å². The molecule has 1 heterocycles. The van der Waals surface area contributed by atoms with Gasteiger partial charge in [0.2, 0.25) is 0 Å². The van der Waals surface area contributed by atoms with Crippen molar-refractivity contribution in [1.29, 1.82) is 0 Å². The van der Waals surface area contributed by atoms with Crippen molar-refractivity contribution in [1.82, 2.24) is 0 Å². The number of anilines is 3. The predicted molar refractivity (Wildman–Crippen MR) is 229 cm³/mol. The van der Waals surface area contributed by atoms with Crippen LogP contribution >= 0.6 is 11.3 Å². The van der Waals surface area contributed by atoms with Gasteiger partial charge in [-0.15, -0.1) is 11.3 Å². The van der Waals surface area contributed by atoms with Crippen LogP contribution in [0.5, 0.6) is 0 Å². The van der Waals surface area contributed by atoms with Gasteiger partial charge in [-0.1, -0.05) is 172 Å². The van der Waals surface area contributed by atoms with Crippen LogP contribution in [-0.2, 0) is 10.8 Å². The van der Waals surface area contributed by atoms with Crippen molar-refractivity contribution in [2.75, 3.05) is 4.90 Å². The van der Waals surface area contributed by atoms with Crippen molar-refractivity contribution in [3.05, 3.63) is 221 Å². The maximum atomic E-state index is 2.53. The molecule has 256 valence electrons. The minimum absolute atomic E-state index is 0.142. The summed E-state index contributed by atoms with van der Waals surface area (Å²) < 4.78 is 2.60. The maximum absolute atomic E-state index is 2.53. The molecule has 0 saturated carbocycles. The van der Waals surface area contributed by atoms with Crippen LogP contribution < -0.4 is 4.90 Å². The Balaban J connectivity index is 1.24. The fourth-order valence-electron chi connectivity index (χ4n) is 9.83. The van der Waals surface area contributed by atoms with E-state index in [-0.39, 0.29) is 5.41 Å². The average Bonchev–Trinajstić information content (AvgIpc) is 3.76. The summed E-state index contributed by atoms with van der Waals surface area (Å²) in [5.74, 6) is 0. The number of hydrogen-bond acceptors (Lipinski definition) is 2. The molecule has 0 saturated heterocycles. The highest BCUT2D eigenvalue weighted by Gasteiger charge is 2.53. The second-order valence-electron chi connectivity index (χ2n) is 15.2. The van der Waals surface area contributed by atoms with Gasteiger partial charge in [0.15, 0.2) is 0 Å². The van der Waals surface area contributed by atoms with E-state index in [1.165, 1.54) is 87.2 Å². The molecule has 0 unspecified atom stereocenters. The van der Waals surface area contributed by atoms with Gasteiger partial charge in [0.05, 0.1) is 21.5 Å². The molecule has 1 nitrogen and oxygen atoms in total. The monoisotopic (exact) mass is 707 g/mol. The molecular weight excluding hydrogens is 671 g/mol. The Hall–Kier alpha value is -6.22. The van der Waals surface area contributed by atoms with E-state index in [1.807, 2.05) is 11.3 Å². The molecule has 11 rings (SSSR count). The lowest BCUT2D eigenvalue weighted by atomic mass is 9.55. The highest BCUT2D eigenvalue weighted by atomic mass is 32.1. The van der Waals surface area contributed by atoms with E-state index in [4.69, 9.17) is 0 Å². The minimum Gasteiger partial charge on any atom is -0.308 e. The zero-order valence-corrected chi connectivity index (χ0v) is 31.1. The standard InChI is InChI=1S/C52H37NS/c1-51(2)41-22-9-11-24-43(41)52(44-25-12-10-23-42(44)51)40-21-8-6-19-39(40)49-45(52)26-15-27-46(49)53(36-32-30-35(31-33-36)34-16-4-3-5-17-34)47-28-14-20-38-37-18-7-13-29-48(37)54-50(38)47/h3-33H,1-2H3. The van der Waals surface area contributed by atoms with Gasteiger partial charge in [0.1, 0.15) is 0 Å². The summed E-state index contributed by atoms with van der Waals surface area (Å²) in [6.45, 7) is 4.78. The highest BCUT2D eigenvalue weighted by Crippen LogP contribution is 2.64. The zero-order valence-electron chi connectivity index (χ0n) is 30.3. The van der Waals surface area contributed by atoms with Crippen LogP contribution in [0.1, 0.15) is 47.2 Å². The lowest BCUT2D eigenvalue weighted by Gasteiger charge is -2.46. The van der Waals surface area contributed by atoms with E-state index in [1.54, 1.807) is 0 Å². The summed E-state index contributed by atoms with van der Waals surface area (Å²) in [4.78, 5) is 2.53. The van der Waals surface area contributed by atoms with Gasteiger partial charge >= 0.3 is 0 Å². The normalized spacial score (nSPS) is 14.4. The maximum Gasteiger partial charge on any atom is 0.0720 e. The lowest BCUT2D eigenvalue weighted by Crippen LogP contribution is -2.40. The summed E-state index contributed by atoms with van der Waals surface area (Å²) >= 11 is 1.89. The Morgan fingerprint density at radius 1 is 0.407 bits per heavy atom. The largest absolute Gasteiger partial charge is 0.308 e. The average molecular weight is 708 g/mol. The van der Waals surface area contributed by atoms with Crippen molar-refractivity contribution in [3.8, 4) is 22.3 Å². The smallest absolute Gasteiger partial charge is 0.0720 e. The van der Waals surface area contributed by atoms with E-state index in [0.29, 0.717) is 0 Å². The van der Waals surface area contributed by atoms with Crippen LogP contribution in [0.4, 0.5) is 17.1 Å². The number of thiophene rings is 1. The van der Waals surface area contributed by atoms with Gasteiger partial charge in [0.25, 0.3) is 0 Å². The predicted octanol–water partition coefficient (Wildman–Crippen LogP) is 14.2. The first kappa shape index (κ1) is 31.3. The molecule has 0 bridgehead atoms. The summed E-state index contributed by atoms with van der Waals surface area (Å²) in [7, 11) is 0. The highest BCUT2D eigenvalue weighted by molar-refractivity contribution is 7.26. The molecule has 0 amide bonds. The molecule has 0 N–H and O–H groups in total. The quantitative estimate of drug-likeness (QED) is 0.176. The molecule has 0 fully saturated rings. The van der Waals surface area contributed by atoms with Crippen LogP contribution in [0, 0.1) is 0 Å². The number of benzene rings is 8. The first-order chi connectivity index (χ1) is 26.6. The second kappa shape index (κ2) is 11.6. The van der Waals surface area contributed by atoms with Gasteiger partial charge in [-0.2, -0.15) is 0 Å². The summed E-state index contributed by atoms with van der Waals surface area (Å²) in [6, 6.07) is 70.1. The van der Waals surface area contributed by atoms with Gasteiger partial charge in [0, 0.05) is 32.1 Å². The Kier molecular flexibility index (Phi) is 6.75. The van der Waals surface area contributed by atoms with Gasteiger partial charge < -0.3 is 4.90 Å². The molecule has 2 aliphatic rings. The van der Waals surface area contributed by atoms with Crippen molar-refractivity contribution < 1.29 is 0 Å². The second-order valence-corrected chi connectivity index (χ2v) is 16.3. The van der Waals surface area contributed by atoms with E-state index < -0.39 is 5.41 Å². The van der Waals surface area contributed by atoms with Crippen LogP contribution in [0.15, 0.2) is 188 Å². The molecule has 8 aromatic carbocycles. The molecule has 54 heavy (non-hydrogen) atoms.